The van der Waals surface area contributed by atoms with Crippen LogP contribution in [0.1, 0.15) is 44.1 Å². The average molecular weight is 332 g/mol. The van der Waals surface area contributed by atoms with Crippen molar-refractivity contribution in [3.8, 4) is 0 Å². The third-order valence-electron chi connectivity index (χ3n) is 5.00. The third-order valence-corrected chi connectivity index (χ3v) is 5.00. The van der Waals surface area contributed by atoms with Crippen molar-refractivity contribution in [1.82, 2.24) is 10.2 Å². The lowest BCUT2D eigenvalue weighted by atomic mass is 9.88. The number of nitrogens with one attached hydrogen (secondary N) is 1. The highest BCUT2D eigenvalue weighted by Crippen LogP contribution is 2.38. The lowest BCUT2D eigenvalue weighted by Crippen LogP contribution is -2.36. The number of rotatable bonds is 6. The molecule has 0 spiro atoms. The second kappa shape index (κ2) is 7.32. The second-order valence-electron chi connectivity index (χ2n) is 6.93. The first-order valence-electron chi connectivity index (χ1n) is 8.92. The summed E-state index contributed by atoms with van der Waals surface area (Å²) < 4.78 is 13.6. The molecule has 1 aliphatic carbocycles. The topological polar surface area (TPSA) is 49.4 Å². The summed E-state index contributed by atoms with van der Waals surface area (Å²) in [5.41, 5.74) is 0.803. The van der Waals surface area contributed by atoms with Gasteiger partial charge in [0.2, 0.25) is 11.8 Å². The van der Waals surface area contributed by atoms with E-state index >= 15 is 0 Å². The summed E-state index contributed by atoms with van der Waals surface area (Å²) in [5.74, 6) is -0.467. The Hall–Kier alpha value is -1.91. The molecule has 0 radical (unpaired) electrons. The molecule has 1 N–H and O–H groups in total. The van der Waals surface area contributed by atoms with Gasteiger partial charge >= 0.3 is 0 Å². The lowest BCUT2D eigenvalue weighted by molar-refractivity contribution is -0.132. The molecular formula is C19H25FN2O2. The van der Waals surface area contributed by atoms with Gasteiger partial charge in [-0.05, 0) is 37.0 Å². The van der Waals surface area contributed by atoms with E-state index in [1.54, 1.807) is 11.0 Å². The van der Waals surface area contributed by atoms with E-state index in [1.165, 1.54) is 12.1 Å². The van der Waals surface area contributed by atoms with E-state index in [-0.39, 0.29) is 35.4 Å². The molecule has 1 aromatic rings. The number of nitrogens with zero attached hydrogens (tertiary/aromatic N) is 1. The van der Waals surface area contributed by atoms with E-state index in [9.17, 15) is 14.0 Å². The summed E-state index contributed by atoms with van der Waals surface area (Å²) in [7, 11) is 0. The van der Waals surface area contributed by atoms with Gasteiger partial charge in [0.25, 0.3) is 0 Å². The van der Waals surface area contributed by atoms with Crippen molar-refractivity contribution in [2.45, 2.75) is 38.5 Å². The molecule has 2 aliphatic rings. The van der Waals surface area contributed by atoms with Gasteiger partial charge in [-0.1, -0.05) is 25.5 Å². The first-order valence-corrected chi connectivity index (χ1v) is 8.92. The molecule has 24 heavy (non-hydrogen) atoms. The van der Waals surface area contributed by atoms with E-state index in [2.05, 4.69) is 12.2 Å². The number of hydrogen-bond acceptors (Lipinski definition) is 2. The zero-order valence-corrected chi connectivity index (χ0v) is 14.1. The molecule has 1 heterocycles. The number of amides is 2. The smallest absolute Gasteiger partial charge is 0.225 e. The predicted molar refractivity (Wildman–Crippen MR) is 89.9 cm³/mol. The van der Waals surface area contributed by atoms with Crippen LogP contribution in [0.4, 0.5) is 4.39 Å². The van der Waals surface area contributed by atoms with Crippen molar-refractivity contribution in [1.29, 1.82) is 0 Å². The van der Waals surface area contributed by atoms with Gasteiger partial charge in [-0.3, -0.25) is 9.59 Å². The molecule has 1 aromatic carbocycles. The molecule has 3 rings (SSSR count). The Labute approximate surface area is 142 Å². The van der Waals surface area contributed by atoms with Gasteiger partial charge in [0.1, 0.15) is 5.82 Å². The molecule has 4 nitrogen and oxygen atoms in total. The summed E-state index contributed by atoms with van der Waals surface area (Å²) >= 11 is 0. The van der Waals surface area contributed by atoms with Gasteiger partial charge in [0.05, 0.1) is 5.92 Å². The Morgan fingerprint density at radius 1 is 1.29 bits per heavy atom. The van der Waals surface area contributed by atoms with Crippen molar-refractivity contribution < 1.29 is 14.0 Å². The summed E-state index contributed by atoms with van der Waals surface area (Å²) in [5, 5.41) is 2.97. The van der Waals surface area contributed by atoms with Crippen LogP contribution < -0.4 is 5.32 Å². The largest absolute Gasteiger partial charge is 0.356 e. The molecule has 0 unspecified atom stereocenters. The van der Waals surface area contributed by atoms with Gasteiger partial charge in [0.15, 0.2) is 0 Å². The number of halogens is 1. The van der Waals surface area contributed by atoms with Crippen molar-refractivity contribution >= 4 is 11.8 Å². The molecule has 5 heteroatoms. The first kappa shape index (κ1) is 16.9. The quantitative estimate of drug-likeness (QED) is 0.814. The normalized spacial score (nSPS) is 23.3. The highest BCUT2D eigenvalue weighted by Gasteiger charge is 2.43. The van der Waals surface area contributed by atoms with Gasteiger partial charge in [-0.25, -0.2) is 4.39 Å². The van der Waals surface area contributed by atoms with Crippen LogP contribution in [-0.4, -0.2) is 36.3 Å². The van der Waals surface area contributed by atoms with Crippen molar-refractivity contribution in [3.63, 3.8) is 0 Å². The van der Waals surface area contributed by atoms with E-state index < -0.39 is 0 Å². The minimum atomic E-state index is -0.301. The highest BCUT2D eigenvalue weighted by atomic mass is 19.1. The Kier molecular flexibility index (Phi) is 5.17. The number of hydrogen-bond donors (Lipinski definition) is 1. The minimum absolute atomic E-state index is 0.0243. The number of benzene rings is 1. The standard InChI is InChI=1S/C19H25FN2O2/c1-2-3-9-21-18(23)17-12-22(19(24)13-7-8-13)11-16(17)14-5-4-6-15(20)10-14/h4-6,10,13,16-17H,2-3,7-9,11-12H2,1H3,(H,21,23)/t16-,17+/m1/s1. The van der Waals surface area contributed by atoms with Crippen LogP contribution in [-0.2, 0) is 9.59 Å². The monoisotopic (exact) mass is 332 g/mol. The maximum Gasteiger partial charge on any atom is 0.225 e. The third kappa shape index (κ3) is 3.77. The summed E-state index contributed by atoms with van der Waals surface area (Å²) in [6, 6.07) is 6.41. The summed E-state index contributed by atoms with van der Waals surface area (Å²) in [6.45, 7) is 3.67. The molecule has 0 aromatic heterocycles. The number of carbonyl (C=O) groups excluding carboxylic acids is 2. The zero-order valence-electron chi connectivity index (χ0n) is 14.1. The van der Waals surface area contributed by atoms with Gasteiger partial charge in [-0.2, -0.15) is 0 Å². The number of carbonyl (C=O) groups is 2. The van der Waals surface area contributed by atoms with Crippen LogP contribution in [0.15, 0.2) is 24.3 Å². The predicted octanol–water partition coefficient (Wildman–Crippen LogP) is 2.69. The van der Waals surface area contributed by atoms with E-state index in [0.29, 0.717) is 19.6 Å². The van der Waals surface area contributed by atoms with Crippen LogP contribution in [0.2, 0.25) is 0 Å². The molecule has 1 saturated heterocycles. The fraction of sp³-hybridized carbons (Fsp3) is 0.579. The Morgan fingerprint density at radius 3 is 2.75 bits per heavy atom. The van der Waals surface area contributed by atoms with Crippen molar-refractivity contribution in [3.05, 3.63) is 35.6 Å². The summed E-state index contributed by atoms with van der Waals surface area (Å²) in [4.78, 5) is 26.8. The first-order chi connectivity index (χ1) is 11.6. The zero-order chi connectivity index (χ0) is 17.1. The molecule has 130 valence electrons. The maximum absolute atomic E-state index is 13.6. The van der Waals surface area contributed by atoms with Crippen LogP contribution in [0, 0.1) is 17.7 Å². The fourth-order valence-corrected chi connectivity index (χ4v) is 3.43. The lowest BCUT2D eigenvalue weighted by Gasteiger charge is -2.18. The molecule has 1 saturated carbocycles. The van der Waals surface area contributed by atoms with Crippen molar-refractivity contribution in [2.24, 2.45) is 11.8 Å². The van der Waals surface area contributed by atoms with Gasteiger partial charge < -0.3 is 10.2 Å². The fourth-order valence-electron chi connectivity index (χ4n) is 3.43. The van der Waals surface area contributed by atoms with Crippen LogP contribution in [0.3, 0.4) is 0 Å². The highest BCUT2D eigenvalue weighted by molar-refractivity contribution is 5.85. The maximum atomic E-state index is 13.6. The Bertz CT molecular complexity index is 615. The molecule has 2 amide bonds. The second-order valence-corrected chi connectivity index (χ2v) is 6.93. The van der Waals surface area contributed by atoms with Crippen LogP contribution >= 0.6 is 0 Å². The summed E-state index contributed by atoms with van der Waals surface area (Å²) in [6.07, 6.45) is 3.86. The molecule has 0 bridgehead atoms. The van der Waals surface area contributed by atoms with E-state index in [4.69, 9.17) is 0 Å². The van der Waals surface area contributed by atoms with Gasteiger partial charge in [0, 0.05) is 31.5 Å². The van der Waals surface area contributed by atoms with Crippen LogP contribution in [0.5, 0.6) is 0 Å². The number of unbranched alkanes of at least 4 members (excludes halogenated alkanes) is 1. The van der Waals surface area contributed by atoms with E-state index in [0.717, 1.165) is 31.2 Å². The number of likely N-dealkylation sites (tertiary alicyclic amines) is 1. The Morgan fingerprint density at radius 2 is 2.08 bits per heavy atom. The van der Waals surface area contributed by atoms with E-state index in [1.807, 2.05) is 6.07 Å². The Balaban J connectivity index is 1.76. The minimum Gasteiger partial charge on any atom is -0.356 e. The molecule has 2 fully saturated rings. The van der Waals surface area contributed by atoms with Crippen LogP contribution in [0.25, 0.3) is 0 Å². The van der Waals surface area contributed by atoms with Gasteiger partial charge in [-0.15, -0.1) is 0 Å². The average Bonchev–Trinajstić information content (AvgIpc) is 3.32. The molecular weight excluding hydrogens is 307 g/mol. The SMILES string of the molecule is CCCCNC(=O)[C@H]1CN(C(=O)C2CC2)C[C@@H]1c1cccc(F)c1. The van der Waals surface area contributed by atoms with Crippen molar-refractivity contribution in [2.75, 3.05) is 19.6 Å². The molecule has 1 aliphatic heterocycles. The molecule has 2 atom stereocenters.